The standard InChI is InChI=1S/C20H26N4O2/c1-14-10-15(2)19(16(3)11-14)23-17-12-18(22-13-21-17)24-6-4-20(5-7-24)25-8-9-26-20/h10-13H,4-9H2,1-3H3,(H,21,22,23). The lowest BCUT2D eigenvalue weighted by molar-refractivity contribution is -0.169. The number of anilines is 3. The molecule has 0 amide bonds. The van der Waals surface area contributed by atoms with Crippen LogP contribution in [-0.2, 0) is 9.47 Å². The van der Waals surface area contributed by atoms with E-state index in [9.17, 15) is 0 Å². The second-order valence-corrected chi connectivity index (χ2v) is 7.25. The third-order valence-corrected chi connectivity index (χ3v) is 5.25. The quantitative estimate of drug-likeness (QED) is 0.910. The van der Waals surface area contributed by atoms with Crippen molar-refractivity contribution >= 4 is 17.3 Å². The van der Waals surface area contributed by atoms with Gasteiger partial charge in [0.25, 0.3) is 0 Å². The average molecular weight is 354 g/mol. The zero-order valence-electron chi connectivity index (χ0n) is 15.7. The molecule has 1 aromatic carbocycles. The van der Waals surface area contributed by atoms with Crippen LogP contribution in [0.25, 0.3) is 0 Å². The van der Waals surface area contributed by atoms with Gasteiger partial charge in [0.2, 0.25) is 0 Å². The van der Waals surface area contributed by atoms with Crippen LogP contribution in [0.1, 0.15) is 29.5 Å². The number of rotatable bonds is 3. The first-order valence-electron chi connectivity index (χ1n) is 9.24. The highest BCUT2D eigenvalue weighted by Crippen LogP contribution is 2.33. The summed E-state index contributed by atoms with van der Waals surface area (Å²) < 4.78 is 11.6. The maximum atomic E-state index is 5.81. The normalized spacial score (nSPS) is 19.1. The van der Waals surface area contributed by atoms with Crippen LogP contribution in [0, 0.1) is 20.8 Å². The van der Waals surface area contributed by atoms with E-state index >= 15 is 0 Å². The van der Waals surface area contributed by atoms with Gasteiger partial charge in [0.1, 0.15) is 18.0 Å². The van der Waals surface area contributed by atoms with Crippen molar-refractivity contribution in [3.63, 3.8) is 0 Å². The molecule has 0 bridgehead atoms. The zero-order chi connectivity index (χ0) is 18.1. The van der Waals surface area contributed by atoms with Gasteiger partial charge in [-0.05, 0) is 31.9 Å². The molecule has 2 saturated heterocycles. The van der Waals surface area contributed by atoms with E-state index in [4.69, 9.17) is 9.47 Å². The largest absolute Gasteiger partial charge is 0.356 e. The summed E-state index contributed by atoms with van der Waals surface area (Å²) in [5, 5.41) is 3.47. The molecule has 2 aromatic rings. The van der Waals surface area contributed by atoms with Gasteiger partial charge < -0.3 is 19.7 Å². The lowest BCUT2D eigenvalue weighted by Gasteiger charge is -2.38. The maximum absolute atomic E-state index is 5.81. The monoisotopic (exact) mass is 354 g/mol. The number of nitrogens with zero attached hydrogens (tertiary/aromatic N) is 3. The molecule has 2 fully saturated rings. The van der Waals surface area contributed by atoms with E-state index in [1.54, 1.807) is 6.33 Å². The SMILES string of the molecule is Cc1cc(C)c(Nc2cc(N3CCC4(CC3)OCCO4)ncn2)c(C)c1. The van der Waals surface area contributed by atoms with E-state index in [2.05, 4.69) is 53.1 Å². The van der Waals surface area contributed by atoms with E-state index < -0.39 is 0 Å². The van der Waals surface area contributed by atoms with Crippen LogP contribution in [0.4, 0.5) is 17.3 Å². The summed E-state index contributed by atoms with van der Waals surface area (Å²) in [5.74, 6) is 1.40. The van der Waals surface area contributed by atoms with Crippen molar-refractivity contribution in [2.75, 3.05) is 36.5 Å². The number of piperidine rings is 1. The molecule has 3 heterocycles. The van der Waals surface area contributed by atoms with Crippen LogP contribution in [-0.4, -0.2) is 42.1 Å². The molecule has 1 N–H and O–H groups in total. The molecule has 0 aliphatic carbocycles. The minimum absolute atomic E-state index is 0.360. The predicted octanol–water partition coefficient (Wildman–Crippen LogP) is 3.49. The highest BCUT2D eigenvalue weighted by Gasteiger charge is 2.40. The van der Waals surface area contributed by atoms with E-state index in [0.29, 0.717) is 13.2 Å². The van der Waals surface area contributed by atoms with Gasteiger partial charge in [-0.15, -0.1) is 0 Å². The Morgan fingerprint density at radius 1 is 0.962 bits per heavy atom. The molecule has 1 spiro atoms. The predicted molar refractivity (Wildman–Crippen MR) is 102 cm³/mol. The summed E-state index contributed by atoms with van der Waals surface area (Å²) in [4.78, 5) is 11.2. The smallest absolute Gasteiger partial charge is 0.171 e. The average Bonchev–Trinajstić information content (AvgIpc) is 3.07. The molecule has 138 valence electrons. The number of benzene rings is 1. The van der Waals surface area contributed by atoms with Crippen molar-refractivity contribution in [3.05, 3.63) is 41.2 Å². The first kappa shape index (κ1) is 17.2. The van der Waals surface area contributed by atoms with E-state index in [-0.39, 0.29) is 5.79 Å². The number of hydrogen-bond acceptors (Lipinski definition) is 6. The van der Waals surface area contributed by atoms with Crippen molar-refractivity contribution in [1.82, 2.24) is 9.97 Å². The van der Waals surface area contributed by atoms with Crippen LogP contribution in [0.3, 0.4) is 0 Å². The van der Waals surface area contributed by atoms with Crippen LogP contribution < -0.4 is 10.2 Å². The van der Waals surface area contributed by atoms with Gasteiger partial charge in [-0.1, -0.05) is 17.7 Å². The summed E-state index contributed by atoms with van der Waals surface area (Å²) in [6.07, 6.45) is 3.37. The molecular weight excluding hydrogens is 328 g/mol. The molecule has 2 aliphatic heterocycles. The summed E-state index contributed by atoms with van der Waals surface area (Å²) in [7, 11) is 0. The fourth-order valence-electron chi connectivity index (χ4n) is 3.96. The second kappa shape index (κ2) is 6.85. The molecule has 0 radical (unpaired) electrons. The fraction of sp³-hybridized carbons (Fsp3) is 0.500. The molecule has 4 rings (SSSR count). The maximum Gasteiger partial charge on any atom is 0.171 e. The molecule has 0 saturated carbocycles. The number of hydrogen-bond donors (Lipinski definition) is 1. The molecule has 26 heavy (non-hydrogen) atoms. The third-order valence-electron chi connectivity index (χ3n) is 5.25. The molecule has 1 aromatic heterocycles. The summed E-state index contributed by atoms with van der Waals surface area (Å²) in [5.41, 5.74) is 4.83. The summed E-state index contributed by atoms with van der Waals surface area (Å²) >= 11 is 0. The Labute approximate surface area is 154 Å². The Balaban J connectivity index is 1.49. The van der Waals surface area contributed by atoms with Gasteiger partial charge in [-0.2, -0.15) is 0 Å². The number of aromatic nitrogens is 2. The Morgan fingerprint density at radius 2 is 1.62 bits per heavy atom. The summed E-state index contributed by atoms with van der Waals surface area (Å²) in [6, 6.07) is 6.39. The van der Waals surface area contributed by atoms with Gasteiger partial charge in [-0.25, -0.2) is 9.97 Å². The van der Waals surface area contributed by atoms with Crippen LogP contribution >= 0.6 is 0 Å². The van der Waals surface area contributed by atoms with Crippen molar-refractivity contribution in [2.45, 2.75) is 39.4 Å². The van der Waals surface area contributed by atoms with Gasteiger partial charge >= 0.3 is 0 Å². The van der Waals surface area contributed by atoms with Crippen LogP contribution in [0.15, 0.2) is 24.5 Å². The molecular formula is C20H26N4O2. The van der Waals surface area contributed by atoms with Crippen molar-refractivity contribution in [3.8, 4) is 0 Å². The second-order valence-electron chi connectivity index (χ2n) is 7.25. The summed E-state index contributed by atoms with van der Waals surface area (Å²) in [6.45, 7) is 9.52. The van der Waals surface area contributed by atoms with Crippen LogP contribution in [0.5, 0.6) is 0 Å². The topological polar surface area (TPSA) is 59.5 Å². The van der Waals surface area contributed by atoms with Crippen molar-refractivity contribution < 1.29 is 9.47 Å². The molecule has 6 nitrogen and oxygen atoms in total. The Bertz CT molecular complexity index is 769. The zero-order valence-corrected chi connectivity index (χ0v) is 15.7. The van der Waals surface area contributed by atoms with Gasteiger partial charge in [0, 0.05) is 37.7 Å². The number of aryl methyl sites for hydroxylation is 3. The highest BCUT2D eigenvalue weighted by molar-refractivity contribution is 5.66. The van der Waals surface area contributed by atoms with Crippen molar-refractivity contribution in [2.24, 2.45) is 0 Å². The molecule has 2 aliphatic rings. The van der Waals surface area contributed by atoms with E-state index in [1.807, 2.05) is 6.07 Å². The minimum Gasteiger partial charge on any atom is -0.356 e. The van der Waals surface area contributed by atoms with E-state index in [1.165, 1.54) is 16.7 Å². The van der Waals surface area contributed by atoms with Gasteiger partial charge in [-0.3, -0.25) is 0 Å². The highest BCUT2D eigenvalue weighted by atomic mass is 16.7. The molecule has 6 heteroatoms. The lowest BCUT2D eigenvalue weighted by Crippen LogP contribution is -2.45. The number of ether oxygens (including phenoxy) is 2. The first-order valence-corrected chi connectivity index (χ1v) is 9.24. The molecule has 0 atom stereocenters. The Morgan fingerprint density at radius 3 is 2.27 bits per heavy atom. The Hall–Kier alpha value is -2.18. The van der Waals surface area contributed by atoms with Crippen molar-refractivity contribution in [1.29, 1.82) is 0 Å². The minimum atomic E-state index is -0.360. The molecule has 0 unspecified atom stereocenters. The third kappa shape index (κ3) is 3.39. The van der Waals surface area contributed by atoms with E-state index in [0.717, 1.165) is 43.3 Å². The van der Waals surface area contributed by atoms with Gasteiger partial charge in [0.05, 0.1) is 13.2 Å². The lowest BCUT2D eigenvalue weighted by atomic mass is 10.0. The first-order chi connectivity index (χ1) is 12.5. The van der Waals surface area contributed by atoms with Gasteiger partial charge in [0.15, 0.2) is 5.79 Å². The fourth-order valence-corrected chi connectivity index (χ4v) is 3.96. The van der Waals surface area contributed by atoms with Crippen LogP contribution in [0.2, 0.25) is 0 Å². The number of nitrogens with one attached hydrogen (secondary N) is 1. The Kier molecular flexibility index (Phi) is 4.54.